The van der Waals surface area contributed by atoms with Gasteiger partial charge in [0.05, 0.1) is 22.2 Å². The van der Waals surface area contributed by atoms with Crippen LogP contribution in [0.4, 0.5) is 11.4 Å². The van der Waals surface area contributed by atoms with E-state index in [1.54, 1.807) is 0 Å². The first-order valence-electron chi connectivity index (χ1n) is 13.5. The number of aliphatic imine (C=N–C) groups is 2. The number of hydrogen-bond acceptors (Lipinski definition) is 4. The minimum Gasteiger partial charge on any atom is -0.399 e. The van der Waals surface area contributed by atoms with Crippen LogP contribution in [0.5, 0.6) is 0 Å². The Labute approximate surface area is 235 Å². The quantitative estimate of drug-likeness (QED) is 0.131. The van der Waals surface area contributed by atoms with Gasteiger partial charge in [-0.3, -0.25) is 9.98 Å². The zero-order valence-corrected chi connectivity index (χ0v) is 23.4. The number of rotatable bonds is 7. The number of para-hydroxylation sites is 2. The molecule has 5 aromatic rings. The van der Waals surface area contributed by atoms with E-state index in [2.05, 4.69) is 133 Å². The Morgan fingerprint density at radius 1 is 0.775 bits per heavy atom. The largest absolute Gasteiger partial charge is 0.494 e. The molecule has 1 saturated heterocycles. The van der Waals surface area contributed by atoms with E-state index in [1.807, 2.05) is 18.2 Å². The highest BCUT2D eigenvalue weighted by Crippen LogP contribution is 2.38. The molecule has 0 radical (unpaired) electrons. The maximum Gasteiger partial charge on any atom is 0.494 e. The van der Waals surface area contributed by atoms with Gasteiger partial charge < -0.3 is 18.8 Å². The molecule has 200 valence electrons. The van der Waals surface area contributed by atoms with Crippen molar-refractivity contribution in [3.8, 4) is 5.69 Å². The molecule has 0 spiro atoms. The lowest BCUT2D eigenvalue weighted by Crippen LogP contribution is -2.41. The average Bonchev–Trinajstić information content (AvgIpc) is 3.40. The Bertz CT molecular complexity index is 1690. The van der Waals surface area contributed by atoms with Gasteiger partial charge in [0.2, 0.25) is 0 Å². The van der Waals surface area contributed by atoms with E-state index >= 15 is 0 Å². The van der Waals surface area contributed by atoms with Gasteiger partial charge in [-0.15, -0.1) is 0 Å². The Hall–Kier alpha value is -4.20. The fourth-order valence-electron chi connectivity index (χ4n) is 5.27. The minimum atomic E-state index is -0.423. The van der Waals surface area contributed by atoms with Gasteiger partial charge in [0.15, 0.2) is 0 Å². The molecule has 0 aliphatic carbocycles. The third-order valence-electron chi connectivity index (χ3n) is 8.10. The van der Waals surface area contributed by atoms with E-state index in [0.717, 1.165) is 33.6 Å². The Kier molecular flexibility index (Phi) is 6.57. The number of aromatic nitrogens is 1. The molecule has 6 nitrogen and oxygen atoms in total. The third-order valence-corrected chi connectivity index (χ3v) is 8.10. The van der Waals surface area contributed by atoms with Gasteiger partial charge in [0.25, 0.3) is 0 Å². The van der Waals surface area contributed by atoms with Crippen molar-refractivity contribution in [3.05, 3.63) is 97.1 Å². The monoisotopic (exact) mass is 528 g/mol. The van der Waals surface area contributed by atoms with E-state index in [4.69, 9.17) is 9.31 Å². The molecule has 1 fully saturated rings. The van der Waals surface area contributed by atoms with E-state index in [-0.39, 0.29) is 0 Å². The molecule has 0 atom stereocenters. The van der Waals surface area contributed by atoms with Crippen LogP contribution in [-0.2, 0) is 9.31 Å². The molecule has 1 aliphatic heterocycles. The lowest BCUT2D eigenvalue weighted by atomic mass is 9.79. The van der Waals surface area contributed by atoms with Crippen LogP contribution in [0.3, 0.4) is 0 Å². The van der Waals surface area contributed by atoms with Gasteiger partial charge in [0, 0.05) is 27.8 Å². The van der Waals surface area contributed by atoms with Gasteiger partial charge >= 0.3 is 7.12 Å². The van der Waals surface area contributed by atoms with Crippen LogP contribution < -0.4 is 10.4 Å². The van der Waals surface area contributed by atoms with Crippen molar-refractivity contribution in [1.29, 1.82) is 0 Å². The van der Waals surface area contributed by atoms with Crippen molar-refractivity contribution in [2.45, 2.75) is 38.9 Å². The number of benzene rings is 4. The zero-order valence-electron chi connectivity index (χ0n) is 23.4. The highest BCUT2D eigenvalue weighted by Gasteiger charge is 2.51. The molecule has 0 amide bonds. The van der Waals surface area contributed by atoms with E-state index in [1.165, 1.54) is 17.1 Å². The molecule has 7 heteroatoms. The van der Waals surface area contributed by atoms with Crippen molar-refractivity contribution in [2.24, 2.45) is 9.98 Å². The van der Waals surface area contributed by atoms with Gasteiger partial charge in [-0.1, -0.05) is 48.5 Å². The van der Waals surface area contributed by atoms with Crippen LogP contribution in [0.25, 0.3) is 27.5 Å². The van der Waals surface area contributed by atoms with Crippen molar-refractivity contribution < 1.29 is 9.31 Å². The maximum absolute atomic E-state index is 6.38. The summed E-state index contributed by atoms with van der Waals surface area (Å²) in [6.07, 6.45) is 1.49. The molecule has 0 saturated carbocycles. The van der Waals surface area contributed by atoms with E-state index < -0.39 is 18.3 Å². The normalized spacial score (nSPS) is 16.2. The summed E-state index contributed by atoms with van der Waals surface area (Å²) in [6, 6.07) is 33.9. The molecule has 4 aromatic carbocycles. The Balaban J connectivity index is 1.44. The van der Waals surface area contributed by atoms with Crippen LogP contribution in [-0.4, -0.2) is 42.6 Å². The van der Waals surface area contributed by atoms with Gasteiger partial charge in [-0.05, 0) is 88.4 Å². The van der Waals surface area contributed by atoms with Crippen LogP contribution in [0.15, 0.2) is 107 Å². The van der Waals surface area contributed by atoms with Gasteiger partial charge in [-0.25, -0.2) is 0 Å². The van der Waals surface area contributed by atoms with Crippen LogP contribution in [0.2, 0.25) is 0 Å². The predicted octanol–water partition coefficient (Wildman–Crippen LogP) is 6.91. The number of fused-ring (bicyclic) bond motifs is 3. The van der Waals surface area contributed by atoms with Crippen LogP contribution in [0, 0.1) is 0 Å². The lowest BCUT2D eigenvalue weighted by molar-refractivity contribution is 0.00578. The second-order valence-corrected chi connectivity index (χ2v) is 11.1. The lowest BCUT2D eigenvalue weighted by Gasteiger charge is -2.32. The van der Waals surface area contributed by atoms with Gasteiger partial charge in [0.1, 0.15) is 13.0 Å². The molecule has 6 rings (SSSR count). The highest BCUT2D eigenvalue weighted by molar-refractivity contribution is 6.62. The first-order chi connectivity index (χ1) is 19.3. The molecular formula is C33H33BN4O2. The third kappa shape index (κ3) is 4.51. The number of anilines is 2. The van der Waals surface area contributed by atoms with Crippen molar-refractivity contribution >= 4 is 58.8 Å². The molecule has 2 heterocycles. The number of hydrogen-bond donors (Lipinski definition) is 0. The molecule has 40 heavy (non-hydrogen) atoms. The van der Waals surface area contributed by atoms with Crippen LogP contribution >= 0.6 is 0 Å². The van der Waals surface area contributed by atoms with E-state index in [0.29, 0.717) is 6.67 Å². The average molecular weight is 528 g/mol. The second kappa shape index (κ2) is 10.1. The smallest absolute Gasteiger partial charge is 0.399 e. The molecule has 0 N–H and O–H groups in total. The molecule has 0 bridgehead atoms. The fraction of sp³-hybridized carbons (Fsp3) is 0.212. The summed E-state index contributed by atoms with van der Waals surface area (Å²) in [5.74, 6) is 0. The minimum absolute atomic E-state index is 0.397. The first kappa shape index (κ1) is 26.0. The Morgan fingerprint density at radius 3 is 2.10 bits per heavy atom. The zero-order chi connectivity index (χ0) is 27.9. The number of nitrogens with zero attached hydrogens (tertiary/aromatic N) is 4. The fourth-order valence-corrected chi connectivity index (χ4v) is 5.27. The SMILES string of the molecule is C=N/C=N\CN(c1ccccc1)c1ccc(-n2c3ccccc3c3ccc(B4OC(C)(C)C(C)(C)O4)cc32)cc1. The topological polar surface area (TPSA) is 51.4 Å². The predicted molar refractivity (Wildman–Crippen MR) is 168 cm³/mol. The second-order valence-electron chi connectivity index (χ2n) is 11.1. The molecule has 1 aliphatic rings. The summed E-state index contributed by atoms with van der Waals surface area (Å²) in [6.45, 7) is 12.3. The summed E-state index contributed by atoms with van der Waals surface area (Å²) in [5, 5.41) is 2.40. The van der Waals surface area contributed by atoms with Crippen molar-refractivity contribution in [1.82, 2.24) is 4.57 Å². The highest BCUT2D eigenvalue weighted by atomic mass is 16.7. The molecular weight excluding hydrogens is 495 g/mol. The van der Waals surface area contributed by atoms with Crippen molar-refractivity contribution in [3.63, 3.8) is 0 Å². The summed E-state index contributed by atoms with van der Waals surface area (Å²) in [7, 11) is -0.423. The molecule has 1 aromatic heterocycles. The first-order valence-corrected chi connectivity index (χ1v) is 13.5. The summed E-state index contributed by atoms with van der Waals surface area (Å²) < 4.78 is 15.1. The van der Waals surface area contributed by atoms with Gasteiger partial charge in [-0.2, -0.15) is 0 Å². The Morgan fingerprint density at radius 2 is 1.40 bits per heavy atom. The molecule has 0 unspecified atom stereocenters. The maximum atomic E-state index is 6.38. The van der Waals surface area contributed by atoms with E-state index in [9.17, 15) is 0 Å². The standard InChI is InChI=1S/C33H33BN4O2/c1-32(2)33(3,4)40-34(39-32)24-15-20-29-28-13-9-10-14-30(28)38(31(29)21-24)27-18-16-26(17-19-27)37(23-36-22-35-5)25-11-7-6-8-12-25/h6-22H,5,23H2,1-4H3/b36-22-. The summed E-state index contributed by atoms with van der Waals surface area (Å²) in [5.41, 5.74) is 5.65. The summed E-state index contributed by atoms with van der Waals surface area (Å²) >= 11 is 0. The summed E-state index contributed by atoms with van der Waals surface area (Å²) in [4.78, 5) is 10.3. The van der Waals surface area contributed by atoms with Crippen LogP contribution in [0.1, 0.15) is 27.7 Å². The van der Waals surface area contributed by atoms with Crippen molar-refractivity contribution in [2.75, 3.05) is 11.6 Å².